The number of aryl methyl sites for hydroxylation is 2. The lowest BCUT2D eigenvalue weighted by molar-refractivity contribution is -0.132. The van der Waals surface area contributed by atoms with Crippen molar-refractivity contribution in [2.75, 3.05) is 32.0 Å². The van der Waals surface area contributed by atoms with Gasteiger partial charge in [-0.1, -0.05) is 25.1 Å². The number of hydrogen-bond donors (Lipinski definition) is 1. The van der Waals surface area contributed by atoms with E-state index < -0.39 is 0 Å². The van der Waals surface area contributed by atoms with Crippen molar-refractivity contribution in [1.82, 2.24) is 9.80 Å². The third kappa shape index (κ3) is 6.57. The first-order valence-electron chi connectivity index (χ1n) is 9.26. The number of furan rings is 1. The lowest BCUT2D eigenvalue weighted by Crippen LogP contribution is -2.42. The van der Waals surface area contributed by atoms with Crippen molar-refractivity contribution in [1.29, 1.82) is 0 Å². The lowest BCUT2D eigenvalue weighted by atomic mass is 10.2. The zero-order valence-electron chi connectivity index (χ0n) is 16.6. The largest absolute Gasteiger partial charge is 0.464 e. The molecular weight excluding hydrogens is 342 g/mol. The molecule has 0 aliphatic heterocycles. The van der Waals surface area contributed by atoms with Crippen LogP contribution in [0.1, 0.15) is 30.4 Å². The Labute approximate surface area is 161 Å². The van der Waals surface area contributed by atoms with E-state index in [0.717, 1.165) is 29.2 Å². The molecule has 0 aliphatic rings. The first-order chi connectivity index (χ1) is 12.9. The van der Waals surface area contributed by atoms with E-state index in [1.165, 1.54) is 0 Å². The molecule has 0 spiro atoms. The van der Waals surface area contributed by atoms with Gasteiger partial charge >= 0.3 is 0 Å². The minimum atomic E-state index is -0.116. The zero-order chi connectivity index (χ0) is 19.8. The molecular formula is C21H29N3O3. The second-order valence-electron chi connectivity index (χ2n) is 6.84. The molecule has 1 aromatic heterocycles. The van der Waals surface area contributed by atoms with Gasteiger partial charge in [0.15, 0.2) is 0 Å². The number of hydrogen-bond acceptors (Lipinski definition) is 4. The zero-order valence-corrected chi connectivity index (χ0v) is 16.6. The maximum atomic E-state index is 12.5. The maximum absolute atomic E-state index is 12.5. The normalized spacial score (nSPS) is 10.9. The van der Waals surface area contributed by atoms with Crippen LogP contribution in [0.15, 0.2) is 40.8 Å². The molecule has 2 rings (SSSR count). The van der Waals surface area contributed by atoms with Crippen LogP contribution in [0.3, 0.4) is 0 Å². The summed E-state index contributed by atoms with van der Waals surface area (Å²) in [5, 5.41) is 2.92. The third-order valence-electron chi connectivity index (χ3n) is 4.30. The van der Waals surface area contributed by atoms with Crippen molar-refractivity contribution >= 4 is 17.5 Å². The Morgan fingerprint density at radius 2 is 1.81 bits per heavy atom. The lowest BCUT2D eigenvalue weighted by Gasteiger charge is -2.24. The maximum Gasteiger partial charge on any atom is 0.238 e. The number of carbonyl (C=O) groups excluding carboxylic acids is 2. The van der Waals surface area contributed by atoms with Crippen LogP contribution in [0.2, 0.25) is 0 Å². The van der Waals surface area contributed by atoms with Gasteiger partial charge in [-0.3, -0.25) is 14.5 Å². The van der Waals surface area contributed by atoms with Crippen LogP contribution >= 0.6 is 0 Å². The Morgan fingerprint density at radius 1 is 1.07 bits per heavy atom. The van der Waals surface area contributed by atoms with Gasteiger partial charge in [0, 0.05) is 12.7 Å². The van der Waals surface area contributed by atoms with Gasteiger partial charge in [-0.15, -0.1) is 0 Å². The molecule has 1 heterocycles. The van der Waals surface area contributed by atoms with Gasteiger partial charge in [-0.2, -0.15) is 0 Å². The first kappa shape index (κ1) is 20.7. The quantitative estimate of drug-likeness (QED) is 0.735. The smallest absolute Gasteiger partial charge is 0.238 e. The molecule has 0 atom stereocenters. The fraction of sp³-hybridized carbons (Fsp3) is 0.429. The van der Waals surface area contributed by atoms with Crippen LogP contribution in [0, 0.1) is 13.8 Å². The highest BCUT2D eigenvalue weighted by molar-refractivity contribution is 5.93. The number of benzene rings is 1. The number of para-hydroxylation sites is 1. The molecule has 1 aromatic carbocycles. The molecule has 0 saturated heterocycles. The number of likely N-dealkylation sites (N-methyl/N-ethyl adjacent to an activating group) is 1. The molecule has 6 heteroatoms. The van der Waals surface area contributed by atoms with E-state index in [9.17, 15) is 9.59 Å². The van der Waals surface area contributed by atoms with Gasteiger partial charge < -0.3 is 14.6 Å². The van der Waals surface area contributed by atoms with Crippen molar-refractivity contribution in [3.63, 3.8) is 0 Å². The van der Waals surface area contributed by atoms with Gasteiger partial charge in [0.25, 0.3) is 0 Å². The summed E-state index contributed by atoms with van der Waals surface area (Å²) in [4.78, 5) is 28.4. The van der Waals surface area contributed by atoms with Gasteiger partial charge in [0.05, 0.1) is 19.6 Å². The number of carbonyl (C=O) groups is 2. The average Bonchev–Trinajstić information content (AvgIpc) is 3.01. The standard InChI is InChI=1S/C21H29N3O3/c1-5-12-24(14-20(25)22-19-9-7-6-8-16(19)2)15-21(26)23(4)13-18-11-10-17(3)27-18/h6-11H,5,12-15H2,1-4H3,(H,22,25). The van der Waals surface area contributed by atoms with Crippen molar-refractivity contribution < 1.29 is 14.0 Å². The van der Waals surface area contributed by atoms with Crippen LogP contribution < -0.4 is 5.32 Å². The summed E-state index contributed by atoms with van der Waals surface area (Å²) in [5.41, 5.74) is 1.81. The van der Waals surface area contributed by atoms with Crippen molar-refractivity contribution in [2.24, 2.45) is 0 Å². The Balaban J connectivity index is 1.90. The van der Waals surface area contributed by atoms with Crippen LogP contribution in [-0.4, -0.2) is 48.3 Å². The highest BCUT2D eigenvalue weighted by Gasteiger charge is 2.18. The summed E-state index contributed by atoms with van der Waals surface area (Å²) in [6, 6.07) is 11.4. The molecule has 0 bridgehead atoms. The monoisotopic (exact) mass is 371 g/mol. The van der Waals surface area contributed by atoms with Gasteiger partial charge in [-0.05, 0) is 50.6 Å². The van der Waals surface area contributed by atoms with Crippen molar-refractivity contribution in [2.45, 2.75) is 33.7 Å². The van der Waals surface area contributed by atoms with Gasteiger partial charge in [-0.25, -0.2) is 0 Å². The van der Waals surface area contributed by atoms with Gasteiger partial charge in [0.1, 0.15) is 11.5 Å². The molecule has 6 nitrogen and oxygen atoms in total. The molecule has 0 fully saturated rings. The van der Waals surface area contributed by atoms with Gasteiger partial charge in [0.2, 0.25) is 11.8 Å². The van der Waals surface area contributed by atoms with E-state index >= 15 is 0 Å². The molecule has 27 heavy (non-hydrogen) atoms. The second-order valence-corrected chi connectivity index (χ2v) is 6.84. The molecule has 2 amide bonds. The summed E-state index contributed by atoms with van der Waals surface area (Å²) in [5.74, 6) is 1.42. The summed E-state index contributed by atoms with van der Waals surface area (Å²) in [6.07, 6.45) is 0.867. The fourth-order valence-electron chi connectivity index (χ4n) is 2.84. The van der Waals surface area contributed by atoms with E-state index in [2.05, 4.69) is 5.32 Å². The molecule has 0 unspecified atom stereocenters. The average molecular weight is 371 g/mol. The highest BCUT2D eigenvalue weighted by atomic mass is 16.3. The molecule has 0 saturated carbocycles. The van der Waals surface area contributed by atoms with Crippen LogP contribution in [-0.2, 0) is 16.1 Å². The van der Waals surface area contributed by atoms with E-state index in [1.807, 2.05) is 62.1 Å². The summed E-state index contributed by atoms with van der Waals surface area (Å²) in [6.45, 7) is 7.34. The van der Waals surface area contributed by atoms with Crippen molar-refractivity contribution in [3.05, 3.63) is 53.5 Å². The number of anilines is 1. The predicted molar refractivity (Wildman–Crippen MR) is 106 cm³/mol. The summed E-state index contributed by atoms with van der Waals surface area (Å²) < 4.78 is 5.53. The predicted octanol–water partition coefficient (Wildman–Crippen LogP) is 3.21. The fourth-order valence-corrected chi connectivity index (χ4v) is 2.84. The number of nitrogens with zero attached hydrogens (tertiary/aromatic N) is 2. The van der Waals surface area contributed by atoms with E-state index in [0.29, 0.717) is 13.1 Å². The van der Waals surface area contributed by atoms with Crippen LogP contribution in [0.4, 0.5) is 5.69 Å². The highest BCUT2D eigenvalue weighted by Crippen LogP contribution is 2.13. The molecule has 1 N–H and O–H groups in total. The topological polar surface area (TPSA) is 65.8 Å². The second kappa shape index (κ2) is 9.92. The minimum absolute atomic E-state index is 0.0406. The number of rotatable bonds is 9. The summed E-state index contributed by atoms with van der Waals surface area (Å²) >= 11 is 0. The van der Waals surface area contributed by atoms with E-state index in [4.69, 9.17) is 4.42 Å². The Morgan fingerprint density at radius 3 is 2.44 bits per heavy atom. The van der Waals surface area contributed by atoms with Crippen molar-refractivity contribution in [3.8, 4) is 0 Å². The molecule has 0 radical (unpaired) electrons. The van der Waals surface area contributed by atoms with E-state index in [1.54, 1.807) is 11.9 Å². The minimum Gasteiger partial charge on any atom is -0.464 e. The SMILES string of the molecule is CCCN(CC(=O)Nc1ccccc1C)CC(=O)N(C)Cc1ccc(C)o1. The number of amides is 2. The first-order valence-corrected chi connectivity index (χ1v) is 9.26. The Hall–Kier alpha value is -2.60. The Bertz CT molecular complexity index is 770. The third-order valence-corrected chi connectivity index (χ3v) is 4.30. The van der Waals surface area contributed by atoms with Crippen LogP contribution in [0.25, 0.3) is 0 Å². The van der Waals surface area contributed by atoms with E-state index in [-0.39, 0.29) is 24.9 Å². The van der Waals surface area contributed by atoms with Crippen LogP contribution in [0.5, 0.6) is 0 Å². The molecule has 2 aromatic rings. The number of nitrogens with one attached hydrogen (secondary N) is 1. The Kier molecular flexibility index (Phi) is 7.61. The molecule has 0 aliphatic carbocycles. The summed E-state index contributed by atoms with van der Waals surface area (Å²) in [7, 11) is 1.75. The molecule has 146 valence electrons.